The second-order valence-electron chi connectivity index (χ2n) is 6.47. The molecule has 0 atom stereocenters. The third-order valence-corrected chi connectivity index (χ3v) is 4.99. The lowest BCUT2D eigenvalue weighted by Gasteiger charge is -2.10. The summed E-state index contributed by atoms with van der Waals surface area (Å²) in [6.45, 7) is 7.86. The summed E-state index contributed by atoms with van der Waals surface area (Å²) >= 11 is 6.11. The fourth-order valence-corrected chi connectivity index (χ4v) is 2.80. The van der Waals surface area contributed by atoms with E-state index in [9.17, 15) is 4.79 Å². The van der Waals surface area contributed by atoms with Gasteiger partial charge in [0, 0.05) is 10.7 Å². The lowest BCUT2D eigenvalue weighted by Crippen LogP contribution is -2.16. The Bertz CT molecular complexity index is 995. The molecule has 0 radical (unpaired) electrons. The van der Waals surface area contributed by atoms with Gasteiger partial charge < -0.3 is 14.6 Å². The first-order valence-electron chi connectivity index (χ1n) is 8.58. The van der Waals surface area contributed by atoms with Crippen molar-refractivity contribution in [3.63, 3.8) is 0 Å². The highest BCUT2D eigenvalue weighted by atomic mass is 35.5. The molecule has 2 aromatic carbocycles. The molecule has 0 unspecified atom stereocenters. The summed E-state index contributed by atoms with van der Waals surface area (Å²) in [6, 6.07) is 11.2. The lowest BCUT2D eigenvalue weighted by atomic mass is 10.1. The number of ether oxygens (including phenoxy) is 1. The van der Waals surface area contributed by atoms with Crippen LogP contribution in [0.15, 0.2) is 40.9 Å². The molecule has 0 aliphatic heterocycles. The second-order valence-corrected chi connectivity index (χ2v) is 6.87. The van der Waals surface area contributed by atoms with Crippen molar-refractivity contribution in [2.45, 2.75) is 34.3 Å². The molecule has 0 fully saturated rings. The number of aromatic nitrogens is 1. The van der Waals surface area contributed by atoms with Crippen molar-refractivity contribution in [2.75, 3.05) is 5.32 Å². The molecule has 0 aliphatic rings. The van der Waals surface area contributed by atoms with Crippen LogP contribution in [0.25, 0.3) is 0 Å². The van der Waals surface area contributed by atoms with Crippen LogP contribution in [0.5, 0.6) is 5.75 Å². The van der Waals surface area contributed by atoms with E-state index in [1.807, 2.05) is 39.0 Å². The summed E-state index contributed by atoms with van der Waals surface area (Å²) in [6.07, 6.45) is 0. The van der Waals surface area contributed by atoms with Gasteiger partial charge in [0.2, 0.25) is 0 Å². The van der Waals surface area contributed by atoms with Crippen LogP contribution >= 0.6 is 11.6 Å². The average molecular weight is 385 g/mol. The summed E-state index contributed by atoms with van der Waals surface area (Å²) in [7, 11) is 0. The van der Waals surface area contributed by atoms with Gasteiger partial charge in [-0.3, -0.25) is 4.79 Å². The zero-order valence-corrected chi connectivity index (χ0v) is 16.5. The summed E-state index contributed by atoms with van der Waals surface area (Å²) in [5.41, 5.74) is 4.58. The van der Waals surface area contributed by atoms with Gasteiger partial charge in [0.25, 0.3) is 5.91 Å². The molecule has 3 aromatic rings. The van der Waals surface area contributed by atoms with Crippen LogP contribution in [-0.4, -0.2) is 11.1 Å². The number of rotatable bonds is 5. The highest BCUT2D eigenvalue weighted by molar-refractivity contribution is 6.31. The van der Waals surface area contributed by atoms with Crippen LogP contribution in [-0.2, 0) is 6.61 Å². The summed E-state index contributed by atoms with van der Waals surface area (Å²) in [5.74, 6) is 0.915. The zero-order chi connectivity index (χ0) is 19.6. The van der Waals surface area contributed by atoms with Crippen molar-refractivity contribution in [1.29, 1.82) is 0 Å². The van der Waals surface area contributed by atoms with Crippen molar-refractivity contribution in [3.8, 4) is 5.75 Å². The molecule has 1 aromatic heterocycles. The number of carbonyl (C=O) groups excluding carboxylic acids is 1. The van der Waals surface area contributed by atoms with Gasteiger partial charge in [0.1, 0.15) is 18.1 Å². The van der Waals surface area contributed by atoms with Gasteiger partial charge in [-0.2, -0.15) is 0 Å². The van der Waals surface area contributed by atoms with Crippen LogP contribution in [0.3, 0.4) is 0 Å². The van der Waals surface area contributed by atoms with Crippen LogP contribution < -0.4 is 10.1 Å². The third-order valence-electron chi connectivity index (χ3n) is 4.58. The summed E-state index contributed by atoms with van der Waals surface area (Å²) < 4.78 is 11.1. The predicted octanol–water partition coefficient (Wildman–Crippen LogP) is 5.39. The molecule has 27 heavy (non-hydrogen) atoms. The van der Waals surface area contributed by atoms with Gasteiger partial charge in [0.05, 0.1) is 5.56 Å². The van der Waals surface area contributed by atoms with E-state index in [2.05, 4.69) is 10.5 Å². The molecule has 6 heteroatoms. The molecule has 1 amide bonds. The van der Waals surface area contributed by atoms with E-state index in [0.29, 0.717) is 22.0 Å². The molecule has 5 nitrogen and oxygen atoms in total. The normalized spacial score (nSPS) is 10.7. The fourth-order valence-electron chi connectivity index (χ4n) is 2.62. The molecular formula is C21H21ClN2O3. The first kappa shape index (κ1) is 19.0. The Balaban J connectivity index is 1.78. The van der Waals surface area contributed by atoms with E-state index in [1.165, 1.54) is 5.56 Å². The average Bonchev–Trinajstić information content (AvgIpc) is 3.01. The number of benzene rings is 2. The molecule has 140 valence electrons. The number of anilines is 1. The Morgan fingerprint density at radius 1 is 1.15 bits per heavy atom. The van der Waals surface area contributed by atoms with Crippen molar-refractivity contribution in [2.24, 2.45) is 0 Å². The number of nitrogens with one attached hydrogen (secondary N) is 1. The van der Waals surface area contributed by atoms with E-state index >= 15 is 0 Å². The van der Waals surface area contributed by atoms with E-state index in [1.54, 1.807) is 25.1 Å². The highest BCUT2D eigenvalue weighted by Gasteiger charge is 2.21. The van der Waals surface area contributed by atoms with Crippen molar-refractivity contribution >= 4 is 23.2 Å². The van der Waals surface area contributed by atoms with Gasteiger partial charge in [-0.05, 0) is 68.7 Å². The largest absolute Gasteiger partial charge is 0.489 e. The number of nitrogens with zero attached hydrogens (tertiary/aromatic N) is 1. The smallest absolute Gasteiger partial charge is 0.278 e. The monoisotopic (exact) mass is 384 g/mol. The molecule has 3 rings (SSSR count). The predicted molar refractivity (Wildman–Crippen MR) is 106 cm³/mol. The highest BCUT2D eigenvalue weighted by Crippen LogP contribution is 2.25. The first-order chi connectivity index (χ1) is 12.9. The fraction of sp³-hybridized carbons (Fsp3) is 0.238. The number of aryl methyl sites for hydroxylation is 3. The standard InChI is InChI=1S/C21H21ClN2O3/c1-12-8-9-16(10-13(12)2)26-11-17-15(4)27-24-20(17)21(25)23-19-7-5-6-18(22)14(19)3/h5-10H,11H2,1-4H3,(H,23,25). The minimum atomic E-state index is -0.365. The van der Waals surface area contributed by atoms with Gasteiger partial charge in [-0.1, -0.05) is 28.9 Å². The quantitative estimate of drug-likeness (QED) is 0.640. The number of hydrogen-bond acceptors (Lipinski definition) is 4. The van der Waals surface area contributed by atoms with Crippen LogP contribution in [0.2, 0.25) is 5.02 Å². The van der Waals surface area contributed by atoms with Gasteiger partial charge in [0.15, 0.2) is 5.69 Å². The molecule has 0 aliphatic carbocycles. The maximum Gasteiger partial charge on any atom is 0.278 e. The van der Waals surface area contributed by atoms with Crippen molar-refractivity contribution in [3.05, 3.63) is 75.1 Å². The van der Waals surface area contributed by atoms with Gasteiger partial charge >= 0.3 is 0 Å². The van der Waals surface area contributed by atoms with Crippen LogP contribution in [0.4, 0.5) is 5.69 Å². The van der Waals surface area contributed by atoms with Crippen LogP contribution in [0, 0.1) is 27.7 Å². The van der Waals surface area contributed by atoms with Gasteiger partial charge in [-0.15, -0.1) is 0 Å². The molecule has 0 bridgehead atoms. The number of amides is 1. The maximum absolute atomic E-state index is 12.7. The van der Waals surface area contributed by atoms with Gasteiger partial charge in [-0.25, -0.2) is 0 Å². The lowest BCUT2D eigenvalue weighted by molar-refractivity contribution is 0.101. The summed E-state index contributed by atoms with van der Waals surface area (Å²) in [5, 5.41) is 7.33. The second kappa shape index (κ2) is 7.84. The minimum Gasteiger partial charge on any atom is -0.489 e. The molecule has 0 saturated heterocycles. The molecule has 0 spiro atoms. The first-order valence-corrected chi connectivity index (χ1v) is 8.96. The van der Waals surface area contributed by atoms with Crippen LogP contribution in [0.1, 0.15) is 38.5 Å². The van der Waals surface area contributed by atoms with E-state index in [0.717, 1.165) is 16.9 Å². The molecule has 1 N–H and O–H groups in total. The number of carbonyl (C=O) groups is 1. The number of halogens is 1. The SMILES string of the molecule is Cc1ccc(OCc2c(C(=O)Nc3cccc(Cl)c3C)noc2C)cc1C. The van der Waals surface area contributed by atoms with E-state index in [-0.39, 0.29) is 18.2 Å². The molecule has 1 heterocycles. The number of hydrogen-bond donors (Lipinski definition) is 1. The molecule has 0 saturated carbocycles. The molecular weight excluding hydrogens is 364 g/mol. The topological polar surface area (TPSA) is 64.4 Å². The third kappa shape index (κ3) is 4.14. The zero-order valence-electron chi connectivity index (χ0n) is 15.7. The Morgan fingerprint density at radius 3 is 2.67 bits per heavy atom. The maximum atomic E-state index is 12.7. The Hall–Kier alpha value is -2.79. The Labute approximate surface area is 163 Å². The Kier molecular flexibility index (Phi) is 5.51. The Morgan fingerprint density at radius 2 is 1.93 bits per heavy atom. The van der Waals surface area contributed by atoms with E-state index < -0.39 is 0 Å². The van der Waals surface area contributed by atoms with Crippen molar-refractivity contribution < 1.29 is 14.1 Å². The summed E-state index contributed by atoms with van der Waals surface area (Å²) in [4.78, 5) is 12.7. The minimum absolute atomic E-state index is 0.190. The van der Waals surface area contributed by atoms with E-state index in [4.69, 9.17) is 20.9 Å². The van der Waals surface area contributed by atoms with Crippen molar-refractivity contribution in [1.82, 2.24) is 5.16 Å².